The first-order chi connectivity index (χ1) is 9.24. The number of rotatable bonds is 9. The minimum absolute atomic E-state index is 0.0580. The van der Waals surface area contributed by atoms with Gasteiger partial charge in [0.15, 0.2) is 0 Å². The summed E-state index contributed by atoms with van der Waals surface area (Å²) in [4.78, 5) is 11.6. The number of aliphatic hydroxyl groups excluding tert-OH is 1. The highest BCUT2D eigenvalue weighted by Gasteiger charge is 2.04. The molecule has 0 bridgehead atoms. The van der Waals surface area contributed by atoms with Gasteiger partial charge in [0.2, 0.25) is 5.91 Å². The zero-order valence-electron chi connectivity index (χ0n) is 10.9. The Kier molecular flexibility index (Phi) is 8.71. The molecule has 3 nitrogen and oxygen atoms in total. The lowest BCUT2D eigenvalue weighted by Crippen LogP contribution is -2.26. The van der Waals surface area contributed by atoms with Gasteiger partial charge in [-0.25, -0.2) is 0 Å². The number of hydrogen-bond donors (Lipinski definition) is 2. The Bertz CT molecular complexity index is 387. The summed E-state index contributed by atoms with van der Waals surface area (Å²) in [5.41, 5.74) is 1.01. The minimum Gasteiger partial charge on any atom is -0.396 e. The number of carbonyl (C=O) groups excluding carboxylic acids is 1. The van der Waals surface area contributed by atoms with E-state index in [1.54, 1.807) is 11.8 Å². The van der Waals surface area contributed by atoms with E-state index < -0.39 is 0 Å². The zero-order valence-corrected chi connectivity index (χ0v) is 12.5. The molecule has 1 amide bonds. The van der Waals surface area contributed by atoms with Gasteiger partial charge < -0.3 is 10.4 Å². The first kappa shape index (κ1) is 16.3. The van der Waals surface area contributed by atoms with E-state index in [1.165, 1.54) is 0 Å². The molecular formula is C14H20ClNO2S. The van der Waals surface area contributed by atoms with Crippen molar-refractivity contribution in [3.05, 3.63) is 34.9 Å². The average Bonchev–Trinajstić information content (AvgIpc) is 2.42. The topological polar surface area (TPSA) is 49.3 Å². The van der Waals surface area contributed by atoms with Crippen molar-refractivity contribution >= 4 is 29.3 Å². The van der Waals surface area contributed by atoms with Gasteiger partial charge in [0.05, 0.1) is 0 Å². The van der Waals surface area contributed by atoms with E-state index in [2.05, 4.69) is 5.32 Å². The van der Waals surface area contributed by atoms with E-state index in [1.807, 2.05) is 24.3 Å². The van der Waals surface area contributed by atoms with Crippen LogP contribution >= 0.6 is 23.4 Å². The molecule has 0 aliphatic rings. The van der Waals surface area contributed by atoms with Crippen LogP contribution in [-0.4, -0.2) is 35.7 Å². The molecule has 0 saturated heterocycles. The van der Waals surface area contributed by atoms with Gasteiger partial charge in [-0.1, -0.05) is 29.8 Å². The van der Waals surface area contributed by atoms with E-state index in [9.17, 15) is 4.79 Å². The number of aliphatic hydroxyl groups is 1. The number of benzene rings is 1. The predicted molar refractivity (Wildman–Crippen MR) is 81.8 cm³/mol. The maximum Gasteiger partial charge on any atom is 0.220 e. The van der Waals surface area contributed by atoms with Crippen LogP contribution in [0.4, 0.5) is 0 Å². The fraction of sp³-hybridized carbons (Fsp3) is 0.500. The summed E-state index contributed by atoms with van der Waals surface area (Å²) < 4.78 is 0. The average molecular weight is 302 g/mol. The molecule has 0 heterocycles. The van der Waals surface area contributed by atoms with Gasteiger partial charge in [-0.3, -0.25) is 4.79 Å². The fourth-order valence-electron chi connectivity index (χ4n) is 1.57. The summed E-state index contributed by atoms with van der Waals surface area (Å²) in [6.07, 6.45) is 1.94. The first-order valence-electron chi connectivity index (χ1n) is 6.42. The van der Waals surface area contributed by atoms with Gasteiger partial charge in [-0.05, 0) is 30.2 Å². The van der Waals surface area contributed by atoms with Crippen molar-refractivity contribution in [3.63, 3.8) is 0 Å². The number of nitrogens with one attached hydrogen (secondary N) is 1. The number of carbonyl (C=O) groups is 1. The van der Waals surface area contributed by atoms with Crippen molar-refractivity contribution in [1.82, 2.24) is 5.32 Å². The largest absolute Gasteiger partial charge is 0.396 e. The molecule has 0 saturated carbocycles. The van der Waals surface area contributed by atoms with Gasteiger partial charge in [0.1, 0.15) is 0 Å². The first-order valence-corrected chi connectivity index (χ1v) is 7.96. The molecule has 1 aromatic carbocycles. The normalized spacial score (nSPS) is 10.4. The Balaban J connectivity index is 2.10. The van der Waals surface area contributed by atoms with Crippen LogP contribution in [-0.2, 0) is 11.2 Å². The lowest BCUT2D eigenvalue weighted by Gasteiger charge is -2.06. The van der Waals surface area contributed by atoms with Crippen LogP contribution in [0.2, 0.25) is 5.02 Å². The van der Waals surface area contributed by atoms with Crippen LogP contribution in [0, 0.1) is 0 Å². The van der Waals surface area contributed by atoms with Gasteiger partial charge in [0.25, 0.3) is 0 Å². The van der Waals surface area contributed by atoms with Crippen molar-refractivity contribution in [1.29, 1.82) is 0 Å². The summed E-state index contributed by atoms with van der Waals surface area (Å²) in [7, 11) is 0. The molecule has 0 radical (unpaired) electrons. The van der Waals surface area contributed by atoms with Crippen LogP contribution in [0.15, 0.2) is 24.3 Å². The molecule has 0 atom stereocenters. The summed E-state index contributed by atoms with van der Waals surface area (Å²) >= 11 is 7.77. The highest BCUT2D eigenvalue weighted by Crippen LogP contribution is 2.16. The molecule has 0 aromatic heterocycles. The molecule has 1 rings (SSSR count). The number of thioether (sulfide) groups is 1. The zero-order chi connectivity index (χ0) is 13.9. The molecule has 106 valence electrons. The molecule has 0 spiro atoms. The van der Waals surface area contributed by atoms with Crippen molar-refractivity contribution in [2.45, 2.75) is 19.3 Å². The number of aryl methyl sites for hydroxylation is 1. The van der Waals surface area contributed by atoms with Crippen LogP contribution in [0.25, 0.3) is 0 Å². The molecule has 5 heteroatoms. The smallest absolute Gasteiger partial charge is 0.220 e. The monoisotopic (exact) mass is 301 g/mol. The second kappa shape index (κ2) is 10.1. The highest BCUT2D eigenvalue weighted by molar-refractivity contribution is 7.99. The lowest BCUT2D eigenvalue weighted by atomic mass is 10.1. The van der Waals surface area contributed by atoms with Crippen molar-refractivity contribution in [2.24, 2.45) is 0 Å². The Morgan fingerprint density at radius 3 is 2.84 bits per heavy atom. The third-order valence-corrected chi connectivity index (χ3v) is 4.03. The van der Waals surface area contributed by atoms with Crippen LogP contribution in [0.3, 0.4) is 0 Å². The van der Waals surface area contributed by atoms with Gasteiger partial charge >= 0.3 is 0 Å². The summed E-state index contributed by atoms with van der Waals surface area (Å²) in [5.74, 6) is 1.88. The summed E-state index contributed by atoms with van der Waals surface area (Å²) in [6, 6.07) is 7.60. The molecule has 0 aliphatic carbocycles. The van der Waals surface area contributed by atoms with Crippen molar-refractivity contribution in [2.75, 3.05) is 24.7 Å². The standard InChI is InChI=1S/C14H20ClNO2S/c15-13-5-2-1-4-12(13)6-7-14(18)16-8-11-19-10-3-9-17/h1-2,4-5,17H,3,6-11H2,(H,16,18). The van der Waals surface area contributed by atoms with Crippen molar-refractivity contribution < 1.29 is 9.90 Å². The van der Waals surface area contributed by atoms with E-state index >= 15 is 0 Å². The second-order valence-electron chi connectivity index (χ2n) is 4.13. The number of amides is 1. The van der Waals surface area contributed by atoms with E-state index in [0.29, 0.717) is 19.4 Å². The number of halogens is 1. The molecule has 0 aliphatic heterocycles. The number of hydrogen-bond acceptors (Lipinski definition) is 3. The third-order valence-electron chi connectivity index (χ3n) is 2.59. The van der Waals surface area contributed by atoms with Gasteiger partial charge in [-0.15, -0.1) is 0 Å². The molecule has 0 unspecified atom stereocenters. The Morgan fingerprint density at radius 1 is 1.32 bits per heavy atom. The Labute approximate surface area is 123 Å². The predicted octanol–water partition coefficient (Wildman–Crippen LogP) is 2.50. The second-order valence-corrected chi connectivity index (χ2v) is 5.76. The fourth-order valence-corrected chi connectivity index (χ4v) is 2.58. The van der Waals surface area contributed by atoms with E-state index in [4.69, 9.17) is 16.7 Å². The molecule has 1 aromatic rings. The van der Waals surface area contributed by atoms with Crippen LogP contribution in [0.1, 0.15) is 18.4 Å². The summed E-state index contributed by atoms with van der Waals surface area (Å²) in [5, 5.41) is 12.2. The SMILES string of the molecule is O=C(CCc1ccccc1Cl)NCCSCCCO. The maximum absolute atomic E-state index is 11.6. The minimum atomic E-state index is 0.0580. The van der Waals surface area contributed by atoms with E-state index in [0.717, 1.165) is 28.5 Å². The highest BCUT2D eigenvalue weighted by atomic mass is 35.5. The van der Waals surface area contributed by atoms with Gasteiger partial charge in [0, 0.05) is 30.3 Å². The van der Waals surface area contributed by atoms with Crippen LogP contribution < -0.4 is 5.32 Å². The van der Waals surface area contributed by atoms with Crippen LogP contribution in [0.5, 0.6) is 0 Å². The quantitative estimate of drug-likeness (QED) is 0.689. The van der Waals surface area contributed by atoms with E-state index in [-0.39, 0.29) is 12.5 Å². The Hall–Kier alpha value is -0.710. The summed E-state index contributed by atoms with van der Waals surface area (Å²) in [6.45, 7) is 0.911. The molecular weight excluding hydrogens is 282 g/mol. The molecule has 2 N–H and O–H groups in total. The molecule has 0 fully saturated rings. The van der Waals surface area contributed by atoms with Crippen molar-refractivity contribution in [3.8, 4) is 0 Å². The molecule has 19 heavy (non-hydrogen) atoms. The maximum atomic E-state index is 11.6. The Morgan fingerprint density at radius 2 is 2.11 bits per heavy atom. The third kappa shape index (κ3) is 7.45. The lowest BCUT2D eigenvalue weighted by molar-refractivity contribution is -0.120. The van der Waals surface area contributed by atoms with Gasteiger partial charge in [-0.2, -0.15) is 11.8 Å².